The molecule has 1 radical (unpaired) electrons. The van der Waals surface area contributed by atoms with Crippen LogP contribution in [0.5, 0.6) is 0 Å². The van der Waals surface area contributed by atoms with E-state index in [0.29, 0.717) is 0 Å². The van der Waals surface area contributed by atoms with E-state index >= 15 is 0 Å². The minimum atomic E-state index is -3.91. The summed E-state index contributed by atoms with van der Waals surface area (Å²) >= 11 is 2.85. The van der Waals surface area contributed by atoms with Crippen LogP contribution in [0.15, 0.2) is 0 Å². The van der Waals surface area contributed by atoms with Gasteiger partial charge in [-0.1, -0.05) is 15.9 Å². The first-order valence-electron chi connectivity index (χ1n) is 1.84. The predicted molar refractivity (Wildman–Crippen MR) is 34.5 cm³/mol. The van der Waals surface area contributed by atoms with Crippen molar-refractivity contribution in [1.82, 2.24) is 0 Å². The number of alkyl halides is 1. The largest absolute Gasteiger partial charge is 0.285 e. The standard InChI is InChI=1S/C3H6BrO3S/c1-3(2-4)8(5,6)7/h3H,1-2H2,(H,5,6,7). The molecule has 0 bridgehead atoms. The lowest BCUT2D eigenvalue weighted by Gasteiger charge is -1.99. The van der Waals surface area contributed by atoms with E-state index in [0.717, 1.165) is 0 Å². The third-order valence-corrected chi connectivity index (χ3v) is 2.81. The molecule has 8 heavy (non-hydrogen) atoms. The van der Waals surface area contributed by atoms with Crippen molar-refractivity contribution >= 4 is 26.0 Å². The lowest BCUT2D eigenvalue weighted by Crippen LogP contribution is -2.17. The number of rotatable bonds is 2. The van der Waals surface area contributed by atoms with Crippen molar-refractivity contribution in [3.63, 3.8) is 0 Å². The molecule has 49 valence electrons. The van der Waals surface area contributed by atoms with Crippen LogP contribution in [0, 0.1) is 6.92 Å². The lowest BCUT2D eigenvalue weighted by atomic mass is 10.6. The minimum absolute atomic E-state index is 0.159. The Morgan fingerprint density at radius 2 is 2.12 bits per heavy atom. The van der Waals surface area contributed by atoms with Crippen molar-refractivity contribution in [1.29, 1.82) is 0 Å². The number of halogens is 1. The summed E-state index contributed by atoms with van der Waals surface area (Å²) in [6, 6.07) is 0. The van der Waals surface area contributed by atoms with E-state index in [-0.39, 0.29) is 5.33 Å². The van der Waals surface area contributed by atoms with Crippen LogP contribution in [0.4, 0.5) is 0 Å². The summed E-state index contributed by atoms with van der Waals surface area (Å²) in [5, 5.41) is -0.797. The van der Waals surface area contributed by atoms with Crippen LogP contribution in [0.1, 0.15) is 0 Å². The van der Waals surface area contributed by atoms with E-state index in [1.807, 2.05) is 0 Å². The maximum absolute atomic E-state index is 10.0. The van der Waals surface area contributed by atoms with Crippen LogP contribution in [-0.2, 0) is 10.1 Å². The van der Waals surface area contributed by atoms with Crippen molar-refractivity contribution < 1.29 is 13.0 Å². The quantitative estimate of drug-likeness (QED) is 0.523. The van der Waals surface area contributed by atoms with Crippen molar-refractivity contribution in [2.45, 2.75) is 5.25 Å². The molecule has 0 rings (SSSR count). The smallest absolute Gasteiger partial charge is 0.268 e. The Balaban J connectivity index is 4.04. The molecule has 0 saturated carbocycles. The highest BCUT2D eigenvalue weighted by Gasteiger charge is 2.14. The Morgan fingerprint density at radius 1 is 1.75 bits per heavy atom. The topological polar surface area (TPSA) is 54.4 Å². The van der Waals surface area contributed by atoms with Gasteiger partial charge in [0.25, 0.3) is 10.1 Å². The highest BCUT2D eigenvalue weighted by Crippen LogP contribution is 1.99. The highest BCUT2D eigenvalue weighted by molar-refractivity contribution is 9.09. The van der Waals surface area contributed by atoms with Crippen molar-refractivity contribution in [2.75, 3.05) is 5.33 Å². The molecule has 0 spiro atoms. The molecule has 0 aliphatic carbocycles. The Morgan fingerprint density at radius 3 is 2.12 bits per heavy atom. The molecule has 0 heterocycles. The van der Waals surface area contributed by atoms with Crippen LogP contribution in [0.25, 0.3) is 0 Å². The summed E-state index contributed by atoms with van der Waals surface area (Å²) in [6.45, 7) is 3.14. The maximum Gasteiger partial charge on any atom is 0.268 e. The van der Waals surface area contributed by atoms with Crippen LogP contribution in [0.2, 0.25) is 0 Å². The van der Waals surface area contributed by atoms with Crippen LogP contribution < -0.4 is 0 Å². The minimum Gasteiger partial charge on any atom is -0.285 e. The number of hydrogen-bond acceptors (Lipinski definition) is 2. The van der Waals surface area contributed by atoms with Gasteiger partial charge in [-0.2, -0.15) is 8.42 Å². The Hall–Kier alpha value is 0.390. The molecule has 0 aromatic heterocycles. The highest BCUT2D eigenvalue weighted by atomic mass is 79.9. The molecule has 0 fully saturated rings. The van der Waals surface area contributed by atoms with Gasteiger partial charge in [-0.25, -0.2) is 0 Å². The Kier molecular flexibility index (Phi) is 2.93. The van der Waals surface area contributed by atoms with E-state index in [9.17, 15) is 8.42 Å². The fraction of sp³-hybridized carbons (Fsp3) is 0.667. The molecule has 0 aliphatic rings. The molecule has 5 heteroatoms. The van der Waals surface area contributed by atoms with E-state index in [1.54, 1.807) is 0 Å². The lowest BCUT2D eigenvalue weighted by molar-refractivity contribution is 0.478. The average molecular weight is 202 g/mol. The molecule has 0 saturated heterocycles. The monoisotopic (exact) mass is 201 g/mol. The molecular formula is C3H6BrO3S. The van der Waals surface area contributed by atoms with Gasteiger partial charge in [-0.15, -0.1) is 0 Å². The molecule has 1 unspecified atom stereocenters. The second kappa shape index (κ2) is 2.80. The van der Waals surface area contributed by atoms with Crippen LogP contribution in [-0.4, -0.2) is 23.6 Å². The third-order valence-electron chi connectivity index (χ3n) is 0.593. The van der Waals surface area contributed by atoms with Gasteiger partial charge in [0.15, 0.2) is 0 Å². The molecular weight excluding hydrogens is 196 g/mol. The van der Waals surface area contributed by atoms with Gasteiger partial charge in [0, 0.05) is 5.33 Å². The third kappa shape index (κ3) is 2.64. The van der Waals surface area contributed by atoms with Gasteiger partial charge >= 0.3 is 0 Å². The van der Waals surface area contributed by atoms with E-state index in [4.69, 9.17) is 4.55 Å². The molecule has 0 aromatic rings. The summed E-state index contributed by atoms with van der Waals surface area (Å²) in [4.78, 5) is 0. The van der Waals surface area contributed by atoms with Crippen molar-refractivity contribution in [3.8, 4) is 0 Å². The first-order chi connectivity index (χ1) is 3.48. The van der Waals surface area contributed by atoms with Gasteiger partial charge in [-0.3, -0.25) is 4.55 Å². The van der Waals surface area contributed by atoms with E-state index in [1.165, 1.54) is 0 Å². The van der Waals surface area contributed by atoms with Gasteiger partial charge in [0.05, 0.1) is 5.25 Å². The zero-order valence-corrected chi connectivity index (χ0v) is 6.44. The zero-order valence-electron chi connectivity index (χ0n) is 4.04. The van der Waals surface area contributed by atoms with Crippen LogP contribution >= 0.6 is 15.9 Å². The fourth-order valence-corrected chi connectivity index (χ4v) is 1.24. The molecule has 0 aliphatic heterocycles. The van der Waals surface area contributed by atoms with E-state index < -0.39 is 15.4 Å². The van der Waals surface area contributed by atoms with Gasteiger partial charge in [-0.05, 0) is 6.92 Å². The van der Waals surface area contributed by atoms with Crippen molar-refractivity contribution in [3.05, 3.63) is 6.92 Å². The zero-order chi connectivity index (χ0) is 6.78. The molecule has 1 N–H and O–H groups in total. The van der Waals surface area contributed by atoms with Gasteiger partial charge in [0.1, 0.15) is 0 Å². The molecule has 3 nitrogen and oxygen atoms in total. The summed E-state index contributed by atoms with van der Waals surface area (Å²) in [6.07, 6.45) is 0. The normalized spacial score (nSPS) is 15.9. The second-order valence-corrected chi connectivity index (χ2v) is 3.64. The Bertz CT molecular complexity index is 150. The SMILES string of the molecule is [CH2]C(CBr)S(=O)(=O)O. The maximum atomic E-state index is 10.0. The van der Waals surface area contributed by atoms with Gasteiger partial charge in [0.2, 0.25) is 0 Å². The molecule has 0 amide bonds. The summed E-state index contributed by atoms with van der Waals surface area (Å²) in [7, 11) is -3.91. The summed E-state index contributed by atoms with van der Waals surface area (Å²) in [5.74, 6) is 0. The predicted octanol–water partition coefficient (Wildman–Crippen LogP) is 0.472. The first-order valence-corrected chi connectivity index (χ1v) is 4.46. The molecule has 0 aromatic carbocycles. The molecule has 1 atom stereocenters. The van der Waals surface area contributed by atoms with Crippen molar-refractivity contribution in [2.24, 2.45) is 0 Å². The van der Waals surface area contributed by atoms with Crippen LogP contribution in [0.3, 0.4) is 0 Å². The average Bonchev–Trinajstić information content (AvgIpc) is 1.62. The van der Waals surface area contributed by atoms with Gasteiger partial charge < -0.3 is 0 Å². The second-order valence-electron chi connectivity index (χ2n) is 1.29. The number of hydrogen-bond donors (Lipinski definition) is 1. The first kappa shape index (κ1) is 8.39. The summed E-state index contributed by atoms with van der Waals surface area (Å²) in [5.41, 5.74) is 0. The van der Waals surface area contributed by atoms with E-state index in [2.05, 4.69) is 22.9 Å². The Labute approximate surface area is 57.0 Å². The fourth-order valence-electron chi connectivity index (χ4n) is 0.0796. The summed E-state index contributed by atoms with van der Waals surface area (Å²) < 4.78 is 28.2.